The summed E-state index contributed by atoms with van der Waals surface area (Å²) in [5.41, 5.74) is 0. The van der Waals surface area contributed by atoms with Crippen LogP contribution in [0.1, 0.15) is 13.8 Å². The van der Waals surface area contributed by atoms with Gasteiger partial charge < -0.3 is 0 Å². The molecular weight excluding hydrogens is 463 g/mol. The average molecular weight is 478 g/mol. The molecule has 0 N–H and O–H groups in total. The molecule has 1 aromatic carbocycles. The minimum atomic E-state index is 0.113. The van der Waals surface area contributed by atoms with Crippen LogP contribution in [0.15, 0.2) is 21.9 Å². The predicted molar refractivity (Wildman–Crippen MR) is 77.5 cm³/mol. The van der Waals surface area contributed by atoms with E-state index < -0.39 is 0 Å². The van der Waals surface area contributed by atoms with Gasteiger partial charge in [0, 0.05) is 0 Å². The fourth-order valence-electron chi connectivity index (χ4n) is 1.88. The summed E-state index contributed by atoms with van der Waals surface area (Å²) in [7, 11) is 0. The molecule has 0 aromatic heterocycles. The molecule has 0 radical (unpaired) electrons. The summed E-state index contributed by atoms with van der Waals surface area (Å²) < 4.78 is 6.68. The molecule has 0 amide bonds. The van der Waals surface area contributed by atoms with Gasteiger partial charge in [0.15, 0.2) is 0 Å². The quantitative estimate of drug-likeness (QED) is 0.526. The monoisotopic (exact) mass is 482 g/mol. The Kier molecular flexibility index (Phi) is 4.10. The fraction of sp³-hybridized carbons (Fsp3) is 0.500. The molecule has 2 atom stereocenters. The van der Waals surface area contributed by atoms with E-state index in [0.29, 0.717) is 0 Å². The Bertz CT molecular complexity index is 420. The van der Waals surface area contributed by atoms with Crippen LogP contribution in [-0.2, 0) is 0 Å². The molecule has 4 heteroatoms. The number of thioether (sulfide) groups is 2. The van der Waals surface area contributed by atoms with Gasteiger partial charge in [-0.15, -0.1) is 0 Å². The van der Waals surface area contributed by atoms with Crippen molar-refractivity contribution < 1.29 is 0 Å². The number of hydrogen-bond donors (Lipinski definition) is 0. The van der Waals surface area contributed by atoms with Crippen molar-refractivity contribution in [2.45, 2.75) is 43.1 Å². The number of benzene rings is 1. The second-order valence-electron chi connectivity index (χ2n) is 4.20. The van der Waals surface area contributed by atoms with Gasteiger partial charge in [0.2, 0.25) is 0 Å². The molecule has 2 unspecified atom stereocenters. The van der Waals surface area contributed by atoms with E-state index in [2.05, 4.69) is 49.5 Å². The molecule has 16 heavy (non-hydrogen) atoms. The van der Waals surface area contributed by atoms with E-state index in [4.69, 9.17) is 0 Å². The van der Waals surface area contributed by atoms with Crippen LogP contribution in [0, 0.1) is 0 Å². The Morgan fingerprint density at radius 2 is 1.81 bits per heavy atom. The van der Waals surface area contributed by atoms with Gasteiger partial charge in [-0.25, -0.2) is 0 Å². The first-order chi connectivity index (χ1) is 7.74. The zero-order valence-electron chi connectivity index (χ0n) is 9.36. The molecule has 1 aromatic rings. The Morgan fingerprint density at radius 1 is 1.06 bits per heavy atom. The van der Waals surface area contributed by atoms with Crippen molar-refractivity contribution >= 4 is 72.6 Å². The summed E-state index contributed by atoms with van der Waals surface area (Å²) in [4.78, 5) is 3.31. The van der Waals surface area contributed by atoms with E-state index in [1.54, 1.807) is 9.79 Å². The van der Waals surface area contributed by atoms with Crippen LogP contribution >= 0.6 is 23.5 Å². The average Bonchev–Trinajstić information content (AvgIpc) is 2.24. The topological polar surface area (TPSA) is 0 Å². The molecule has 0 saturated carbocycles. The molecule has 3 aliphatic rings. The van der Waals surface area contributed by atoms with Crippen molar-refractivity contribution in [3.8, 4) is 0 Å². The predicted octanol–water partition coefficient (Wildman–Crippen LogP) is 2.17. The third-order valence-electron chi connectivity index (χ3n) is 2.62. The zero-order chi connectivity index (χ0) is 11.1. The van der Waals surface area contributed by atoms with Gasteiger partial charge in [-0.1, -0.05) is 0 Å². The van der Waals surface area contributed by atoms with Crippen molar-refractivity contribution in [3.63, 3.8) is 0 Å². The van der Waals surface area contributed by atoms with E-state index in [0.717, 1.165) is 10.5 Å². The van der Waals surface area contributed by atoms with Crippen LogP contribution in [0.5, 0.6) is 0 Å². The Balaban J connectivity index is 2.10. The molecule has 0 nitrogen and oxygen atoms in total. The van der Waals surface area contributed by atoms with E-state index in [9.17, 15) is 0 Å². The van der Waals surface area contributed by atoms with Crippen LogP contribution < -0.4 is 7.22 Å². The molecular formula is C12H14S2Te2. The normalized spacial score (nSPS) is 28.4. The molecule has 3 aliphatic heterocycles. The van der Waals surface area contributed by atoms with Gasteiger partial charge >= 0.3 is 128 Å². The molecule has 2 bridgehead atoms. The summed E-state index contributed by atoms with van der Waals surface area (Å²) in [5, 5.41) is 1.73. The second kappa shape index (κ2) is 5.24. The van der Waals surface area contributed by atoms with Crippen molar-refractivity contribution in [1.29, 1.82) is 0 Å². The van der Waals surface area contributed by atoms with E-state index >= 15 is 0 Å². The summed E-state index contributed by atoms with van der Waals surface area (Å²) in [6.07, 6.45) is 0. The molecule has 0 saturated heterocycles. The fourth-order valence-corrected chi connectivity index (χ4v) is 14.2. The Labute approximate surface area is 126 Å². The van der Waals surface area contributed by atoms with E-state index in [1.807, 2.05) is 7.22 Å². The first kappa shape index (κ1) is 12.5. The van der Waals surface area contributed by atoms with Crippen LogP contribution in [0.4, 0.5) is 0 Å². The van der Waals surface area contributed by atoms with Crippen molar-refractivity contribution in [2.24, 2.45) is 0 Å². The maximum atomic E-state index is 2.47. The van der Waals surface area contributed by atoms with Gasteiger partial charge in [0.05, 0.1) is 0 Å². The molecule has 3 heterocycles. The first-order valence-electron chi connectivity index (χ1n) is 5.50. The molecule has 4 rings (SSSR count). The number of hydrogen-bond acceptors (Lipinski definition) is 2. The third-order valence-corrected chi connectivity index (χ3v) is 15.8. The van der Waals surface area contributed by atoms with Crippen LogP contribution in [0.25, 0.3) is 0 Å². The summed E-state index contributed by atoms with van der Waals surface area (Å²) in [5.74, 6) is 0. The van der Waals surface area contributed by atoms with E-state index in [1.165, 1.54) is 8.94 Å². The minimum absolute atomic E-state index is 0.113. The third kappa shape index (κ3) is 2.45. The first-order valence-corrected chi connectivity index (χ1v) is 12.9. The zero-order valence-corrected chi connectivity index (χ0v) is 15.7. The summed E-state index contributed by atoms with van der Waals surface area (Å²) in [6, 6.07) is 4.88. The molecule has 86 valence electrons. The van der Waals surface area contributed by atoms with Gasteiger partial charge in [-0.3, -0.25) is 0 Å². The molecule has 0 aliphatic carbocycles. The summed E-state index contributed by atoms with van der Waals surface area (Å²) in [6.45, 7) is 4.82. The van der Waals surface area contributed by atoms with Crippen molar-refractivity contribution in [3.05, 3.63) is 12.1 Å². The maximum absolute atomic E-state index is 2.47. The van der Waals surface area contributed by atoms with Crippen LogP contribution in [0.2, 0.25) is 8.94 Å². The number of rotatable bonds is 0. The standard InChI is InChI=1S/C12H14S2Te2/c1-7-5-15-10-4-3-9(13-7)11-12(10)16-6-8(2)14-11/h3-4,7-8H,5-6H2,1-2H3. The Hall–Kier alpha value is 1.50. The summed E-state index contributed by atoms with van der Waals surface area (Å²) >= 11 is 4.55. The van der Waals surface area contributed by atoms with Crippen LogP contribution in [0.3, 0.4) is 0 Å². The van der Waals surface area contributed by atoms with E-state index in [-0.39, 0.29) is 41.8 Å². The van der Waals surface area contributed by atoms with Gasteiger partial charge in [0.1, 0.15) is 0 Å². The Morgan fingerprint density at radius 3 is 2.69 bits per heavy atom. The number of fused-ring (bicyclic) bond motifs is 4. The molecule has 0 spiro atoms. The van der Waals surface area contributed by atoms with Crippen molar-refractivity contribution in [1.82, 2.24) is 0 Å². The van der Waals surface area contributed by atoms with Gasteiger partial charge in [-0.2, -0.15) is 0 Å². The SMILES string of the molecule is CC1C[Te]c2ccc(c3c2[Te]CC(C)S3)S1. The molecule has 0 fully saturated rings. The van der Waals surface area contributed by atoms with Gasteiger partial charge in [-0.05, 0) is 0 Å². The van der Waals surface area contributed by atoms with Crippen LogP contribution in [-0.4, -0.2) is 52.3 Å². The van der Waals surface area contributed by atoms with Gasteiger partial charge in [0.25, 0.3) is 0 Å². The van der Waals surface area contributed by atoms with Crippen molar-refractivity contribution in [2.75, 3.05) is 0 Å². The second-order valence-corrected chi connectivity index (χ2v) is 13.1.